The molecule has 1 atom stereocenters. The van der Waals surface area contributed by atoms with Gasteiger partial charge in [0.25, 0.3) is 15.9 Å². The Morgan fingerprint density at radius 2 is 1.54 bits per heavy atom. The Hall–Kier alpha value is -4.57. The van der Waals surface area contributed by atoms with Crippen LogP contribution in [0.3, 0.4) is 0 Å². The highest BCUT2D eigenvalue weighted by Crippen LogP contribution is 2.42. The van der Waals surface area contributed by atoms with E-state index in [1.165, 1.54) is 21.5 Å². The molecule has 6 rings (SSSR count). The molecule has 0 saturated heterocycles. The first-order valence-electron chi connectivity index (χ1n) is 13.0. The normalized spacial score (nSPS) is 12.3. The third-order valence-electron chi connectivity index (χ3n) is 6.88. The van der Waals surface area contributed by atoms with Crippen LogP contribution < -0.4 is 11.1 Å². The second-order valence-corrected chi connectivity index (χ2v) is 12.3. The molecule has 3 aromatic heterocycles. The van der Waals surface area contributed by atoms with E-state index < -0.39 is 10.0 Å². The van der Waals surface area contributed by atoms with Crippen LogP contribution in [0.25, 0.3) is 32.6 Å². The van der Waals surface area contributed by atoms with E-state index in [-0.39, 0.29) is 23.4 Å². The van der Waals surface area contributed by atoms with Crippen LogP contribution in [-0.2, 0) is 10.0 Å². The number of hydrogen-bond acceptors (Lipinski definition) is 6. The summed E-state index contributed by atoms with van der Waals surface area (Å²) in [6.07, 6.45) is 3.13. The van der Waals surface area contributed by atoms with Crippen LogP contribution in [0.2, 0.25) is 0 Å². The molecule has 0 aliphatic rings. The third kappa shape index (κ3) is 5.06. The van der Waals surface area contributed by atoms with Crippen molar-refractivity contribution in [3.63, 3.8) is 0 Å². The van der Waals surface area contributed by atoms with Crippen LogP contribution in [0.15, 0.2) is 126 Å². The fraction of sp³-hybridized carbons (Fsp3) is 0.0625. The number of carbonyl (C=O) groups excluding carboxylic acids is 1. The van der Waals surface area contributed by atoms with Crippen LogP contribution in [0.4, 0.5) is 0 Å². The Balaban J connectivity index is 1.45. The van der Waals surface area contributed by atoms with Gasteiger partial charge in [-0.15, -0.1) is 11.3 Å². The SMILES string of the molecule is NCC(NC(=O)c1cc(-c2ccccc2)c(-c2ccnc3c2ccn3S(=O)(=O)c2ccccc2)s1)c1ccccc1. The number of fused-ring (bicyclic) bond motifs is 1. The van der Waals surface area contributed by atoms with Gasteiger partial charge < -0.3 is 11.1 Å². The van der Waals surface area contributed by atoms with Gasteiger partial charge in [0.05, 0.1) is 15.8 Å². The van der Waals surface area contributed by atoms with Crippen molar-refractivity contribution in [2.75, 3.05) is 6.54 Å². The summed E-state index contributed by atoms with van der Waals surface area (Å²) in [7, 11) is -3.85. The molecular weight excluding hydrogens is 553 g/mol. The number of rotatable bonds is 8. The van der Waals surface area contributed by atoms with E-state index in [1.54, 1.807) is 42.6 Å². The molecule has 1 amide bonds. The predicted octanol–water partition coefficient (Wildman–Crippen LogP) is 6.10. The molecule has 9 heteroatoms. The Labute approximate surface area is 242 Å². The first kappa shape index (κ1) is 26.6. The summed E-state index contributed by atoms with van der Waals surface area (Å²) in [6.45, 7) is 0.258. The molecule has 0 fully saturated rings. The Morgan fingerprint density at radius 3 is 2.22 bits per heavy atom. The summed E-state index contributed by atoms with van der Waals surface area (Å²) in [5.74, 6) is -0.229. The molecular formula is C32H26N4O3S2. The lowest BCUT2D eigenvalue weighted by Gasteiger charge is -2.16. The van der Waals surface area contributed by atoms with Crippen LogP contribution in [0.1, 0.15) is 21.3 Å². The topological polar surface area (TPSA) is 107 Å². The van der Waals surface area contributed by atoms with E-state index in [9.17, 15) is 13.2 Å². The molecule has 204 valence electrons. The third-order valence-corrected chi connectivity index (χ3v) is 9.73. The van der Waals surface area contributed by atoms with Crippen LogP contribution in [0.5, 0.6) is 0 Å². The molecule has 3 aromatic carbocycles. The van der Waals surface area contributed by atoms with Crippen molar-refractivity contribution in [2.24, 2.45) is 5.73 Å². The zero-order valence-corrected chi connectivity index (χ0v) is 23.5. The Bertz CT molecular complexity index is 1940. The summed E-state index contributed by atoms with van der Waals surface area (Å²) in [6, 6.07) is 32.9. The number of carbonyl (C=O) groups is 1. The minimum Gasteiger partial charge on any atom is -0.343 e. The smallest absolute Gasteiger partial charge is 0.269 e. The Kier molecular flexibility index (Phi) is 7.23. The van der Waals surface area contributed by atoms with E-state index in [2.05, 4.69) is 10.3 Å². The fourth-order valence-electron chi connectivity index (χ4n) is 4.84. The maximum absolute atomic E-state index is 13.5. The average Bonchev–Trinajstić information content (AvgIpc) is 3.67. The number of aromatic nitrogens is 2. The minimum atomic E-state index is -3.85. The second-order valence-electron chi connectivity index (χ2n) is 9.42. The first-order chi connectivity index (χ1) is 20.0. The lowest BCUT2D eigenvalue weighted by atomic mass is 10.0. The highest BCUT2D eigenvalue weighted by Gasteiger charge is 2.24. The predicted molar refractivity (Wildman–Crippen MR) is 163 cm³/mol. The van der Waals surface area contributed by atoms with Gasteiger partial charge in [-0.3, -0.25) is 4.79 Å². The van der Waals surface area contributed by atoms with Gasteiger partial charge in [0.1, 0.15) is 0 Å². The number of nitrogens with zero attached hydrogens (tertiary/aromatic N) is 2. The largest absolute Gasteiger partial charge is 0.343 e. The molecule has 7 nitrogen and oxygen atoms in total. The van der Waals surface area contributed by atoms with Crippen LogP contribution in [-0.4, -0.2) is 29.8 Å². The van der Waals surface area contributed by atoms with Gasteiger partial charge in [-0.1, -0.05) is 78.9 Å². The van der Waals surface area contributed by atoms with Gasteiger partial charge >= 0.3 is 0 Å². The summed E-state index contributed by atoms with van der Waals surface area (Å²) in [5.41, 5.74) is 9.87. The molecule has 6 aromatic rings. The summed E-state index contributed by atoms with van der Waals surface area (Å²) in [4.78, 5) is 19.5. The van der Waals surface area contributed by atoms with Crippen molar-refractivity contribution in [3.8, 4) is 21.6 Å². The number of hydrogen-bond donors (Lipinski definition) is 2. The van der Waals surface area contributed by atoms with E-state index in [0.29, 0.717) is 15.9 Å². The number of benzene rings is 3. The standard InChI is InChI=1S/C32H26N4O3S2/c33-21-28(23-12-6-2-7-13-23)35-32(37)29-20-27(22-10-4-1-5-11-22)30(40-29)25-16-18-34-31-26(25)17-19-36(31)41(38,39)24-14-8-3-9-15-24/h1-20,28H,21,33H2,(H,35,37). The fourth-order valence-corrected chi connectivity index (χ4v) is 7.29. The molecule has 3 heterocycles. The molecule has 0 bridgehead atoms. The number of pyridine rings is 1. The number of thiophene rings is 1. The summed E-state index contributed by atoms with van der Waals surface area (Å²) < 4.78 is 28.1. The number of amides is 1. The van der Waals surface area contributed by atoms with Crippen molar-refractivity contribution >= 4 is 38.3 Å². The maximum atomic E-state index is 13.5. The van der Waals surface area contributed by atoms with E-state index >= 15 is 0 Å². The molecule has 3 N–H and O–H groups in total. The van der Waals surface area contributed by atoms with Gasteiger partial charge in [0, 0.05) is 40.3 Å². The van der Waals surface area contributed by atoms with E-state index in [4.69, 9.17) is 5.73 Å². The van der Waals surface area contributed by atoms with Crippen molar-refractivity contribution in [3.05, 3.63) is 132 Å². The van der Waals surface area contributed by atoms with Gasteiger partial charge in [-0.25, -0.2) is 17.4 Å². The monoisotopic (exact) mass is 578 g/mol. The molecule has 0 radical (unpaired) electrons. The highest BCUT2D eigenvalue weighted by atomic mass is 32.2. The van der Waals surface area contributed by atoms with Crippen LogP contribution in [0, 0.1) is 0 Å². The van der Waals surface area contributed by atoms with E-state index in [0.717, 1.165) is 27.1 Å². The second kappa shape index (κ2) is 11.1. The Morgan fingerprint density at radius 1 is 0.878 bits per heavy atom. The summed E-state index contributed by atoms with van der Waals surface area (Å²) >= 11 is 1.35. The first-order valence-corrected chi connectivity index (χ1v) is 15.2. The average molecular weight is 579 g/mol. The zero-order valence-electron chi connectivity index (χ0n) is 21.8. The molecule has 0 aliphatic heterocycles. The zero-order chi connectivity index (χ0) is 28.4. The molecule has 0 spiro atoms. The molecule has 0 aliphatic carbocycles. The van der Waals surface area contributed by atoms with Crippen molar-refractivity contribution in [1.29, 1.82) is 0 Å². The quantitative estimate of drug-likeness (QED) is 0.227. The van der Waals surface area contributed by atoms with Crippen molar-refractivity contribution < 1.29 is 13.2 Å². The molecule has 41 heavy (non-hydrogen) atoms. The van der Waals surface area contributed by atoms with Gasteiger partial charge in [-0.2, -0.15) is 0 Å². The van der Waals surface area contributed by atoms with Gasteiger partial charge in [0.2, 0.25) is 0 Å². The lowest BCUT2D eigenvalue weighted by Crippen LogP contribution is -2.32. The highest BCUT2D eigenvalue weighted by molar-refractivity contribution is 7.90. The molecule has 1 unspecified atom stereocenters. The van der Waals surface area contributed by atoms with Gasteiger partial charge in [0.15, 0.2) is 5.65 Å². The van der Waals surface area contributed by atoms with Gasteiger partial charge in [-0.05, 0) is 41.5 Å². The lowest BCUT2D eigenvalue weighted by molar-refractivity contribution is 0.0942. The maximum Gasteiger partial charge on any atom is 0.269 e. The number of nitrogens with one attached hydrogen (secondary N) is 1. The van der Waals surface area contributed by atoms with Crippen molar-refractivity contribution in [2.45, 2.75) is 10.9 Å². The molecule has 0 saturated carbocycles. The summed E-state index contributed by atoms with van der Waals surface area (Å²) in [5, 5.41) is 3.74. The van der Waals surface area contributed by atoms with E-state index in [1.807, 2.05) is 72.8 Å². The van der Waals surface area contributed by atoms with Crippen molar-refractivity contribution in [1.82, 2.24) is 14.3 Å². The van der Waals surface area contributed by atoms with Crippen LogP contribution >= 0.6 is 11.3 Å². The number of nitrogens with two attached hydrogens (primary N) is 1. The minimum absolute atomic E-state index is 0.178.